The third-order valence-electron chi connectivity index (χ3n) is 8.03. The molecule has 3 atom stereocenters. The van der Waals surface area contributed by atoms with E-state index in [4.69, 9.17) is 17.3 Å². The second-order valence-electron chi connectivity index (χ2n) is 11.0. The van der Waals surface area contributed by atoms with Gasteiger partial charge in [-0.1, -0.05) is 72.3 Å². The Morgan fingerprint density at radius 3 is 2.57 bits per heavy atom. The number of hydrogen-bond donors (Lipinski definition) is 2. The molecular formula is C34H34ClN5O4. The summed E-state index contributed by atoms with van der Waals surface area (Å²) in [5.74, 6) is -1.84. The van der Waals surface area contributed by atoms with Crippen molar-refractivity contribution in [1.29, 1.82) is 0 Å². The van der Waals surface area contributed by atoms with Crippen LogP contribution in [0.1, 0.15) is 36.1 Å². The second-order valence-corrected chi connectivity index (χ2v) is 11.4. The third-order valence-corrected chi connectivity index (χ3v) is 8.27. The molecule has 1 aliphatic rings. The smallest absolute Gasteiger partial charge is 0.250 e. The van der Waals surface area contributed by atoms with E-state index in [-0.39, 0.29) is 31.8 Å². The van der Waals surface area contributed by atoms with Gasteiger partial charge in [-0.25, -0.2) is 0 Å². The Morgan fingerprint density at radius 1 is 1.05 bits per heavy atom. The molecule has 9 nitrogen and oxygen atoms in total. The monoisotopic (exact) mass is 611 g/mol. The van der Waals surface area contributed by atoms with Crippen LogP contribution in [-0.4, -0.2) is 63.6 Å². The zero-order valence-electron chi connectivity index (χ0n) is 24.4. The first-order valence-electron chi connectivity index (χ1n) is 14.5. The highest BCUT2D eigenvalue weighted by molar-refractivity contribution is 6.30. The number of nitrogens with zero attached hydrogens (tertiary/aromatic N) is 3. The van der Waals surface area contributed by atoms with Crippen molar-refractivity contribution in [3.05, 3.63) is 113 Å². The van der Waals surface area contributed by atoms with Crippen LogP contribution in [0.5, 0.6) is 0 Å². The SMILES string of the molecule is C[C@@H]1CCN([C@H](Cc2cccc3ccccc23)C(N)=O)C(=O)[C@H](c2cccc(Cl)c2)N1C(=O)CNC(=O)Cc1cccnc1. The van der Waals surface area contributed by atoms with E-state index in [2.05, 4.69) is 10.3 Å². The number of pyridine rings is 1. The van der Waals surface area contributed by atoms with Crippen LogP contribution in [0.2, 0.25) is 5.02 Å². The maximum atomic E-state index is 14.5. The highest BCUT2D eigenvalue weighted by Crippen LogP contribution is 2.33. The Bertz CT molecular complexity index is 1680. The fourth-order valence-corrected chi connectivity index (χ4v) is 6.04. The Hall–Kier alpha value is -4.76. The van der Waals surface area contributed by atoms with Gasteiger partial charge < -0.3 is 20.9 Å². The van der Waals surface area contributed by atoms with Crippen LogP contribution in [0.4, 0.5) is 0 Å². The molecule has 1 fully saturated rings. The van der Waals surface area contributed by atoms with E-state index < -0.39 is 35.8 Å². The molecule has 4 amide bonds. The molecule has 226 valence electrons. The largest absolute Gasteiger partial charge is 0.368 e. The van der Waals surface area contributed by atoms with Crippen molar-refractivity contribution in [2.45, 2.75) is 44.3 Å². The molecule has 1 saturated heterocycles. The normalized spacial score (nSPS) is 17.6. The summed E-state index contributed by atoms with van der Waals surface area (Å²) >= 11 is 6.34. The van der Waals surface area contributed by atoms with E-state index in [0.717, 1.165) is 16.3 Å². The first kappa shape index (κ1) is 30.7. The van der Waals surface area contributed by atoms with E-state index in [0.29, 0.717) is 22.6 Å². The van der Waals surface area contributed by atoms with E-state index in [9.17, 15) is 19.2 Å². The number of benzene rings is 3. The van der Waals surface area contributed by atoms with Gasteiger partial charge in [0.25, 0.3) is 5.91 Å². The van der Waals surface area contributed by atoms with Crippen LogP contribution in [0.3, 0.4) is 0 Å². The average molecular weight is 612 g/mol. The Balaban J connectivity index is 1.44. The van der Waals surface area contributed by atoms with E-state index in [1.165, 1.54) is 9.80 Å². The van der Waals surface area contributed by atoms with E-state index in [1.807, 2.05) is 49.4 Å². The molecule has 4 aromatic rings. The minimum Gasteiger partial charge on any atom is -0.368 e. The predicted octanol–water partition coefficient (Wildman–Crippen LogP) is 3.83. The summed E-state index contributed by atoms with van der Waals surface area (Å²) in [5.41, 5.74) is 8.08. The average Bonchev–Trinajstić information content (AvgIpc) is 3.14. The quantitative estimate of drug-likeness (QED) is 0.298. The first-order valence-corrected chi connectivity index (χ1v) is 14.9. The van der Waals surface area contributed by atoms with Gasteiger partial charge in [0.05, 0.1) is 13.0 Å². The van der Waals surface area contributed by atoms with Crippen LogP contribution >= 0.6 is 11.6 Å². The number of hydrogen-bond acceptors (Lipinski definition) is 5. The summed E-state index contributed by atoms with van der Waals surface area (Å²) in [6.07, 6.45) is 3.89. The number of halogens is 1. The summed E-state index contributed by atoms with van der Waals surface area (Å²) < 4.78 is 0. The van der Waals surface area contributed by atoms with Crippen molar-refractivity contribution in [2.24, 2.45) is 5.73 Å². The molecule has 5 rings (SSSR count). The summed E-state index contributed by atoms with van der Waals surface area (Å²) in [4.78, 5) is 60.9. The van der Waals surface area contributed by atoms with Gasteiger partial charge in [0.2, 0.25) is 17.7 Å². The molecule has 0 radical (unpaired) electrons. The van der Waals surface area contributed by atoms with Gasteiger partial charge in [-0.05, 0) is 59.0 Å². The molecule has 1 aliphatic heterocycles. The zero-order chi connectivity index (χ0) is 31.2. The molecule has 0 saturated carbocycles. The minimum absolute atomic E-state index is 0.0650. The fourth-order valence-electron chi connectivity index (χ4n) is 5.84. The molecule has 0 aliphatic carbocycles. The Morgan fingerprint density at radius 2 is 1.82 bits per heavy atom. The topological polar surface area (TPSA) is 126 Å². The third kappa shape index (κ3) is 6.89. The lowest BCUT2D eigenvalue weighted by Gasteiger charge is -2.36. The number of primary amides is 1. The molecule has 3 aromatic carbocycles. The van der Waals surface area contributed by atoms with E-state index >= 15 is 0 Å². The Labute approximate surface area is 261 Å². The number of carbonyl (C=O) groups excluding carboxylic acids is 4. The highest BCUT2D eigenvalue weighted by atomic mass is 35.5. The summed E-state index contributed by atoms with van der Waals surface area (Å²) in [5, 5.41) is 5.08. The van der Waals surface area contributed by atoms with Gasteiger partial charge in [0.1, 0.15) is 12.1 Å². The van der Waals surface area contributed by atoms with Crippen molar-refractivity contribution in [2.75, 3.05) is 13.1 Å². The lowest BCUT2D eigenvalue weighted by atomic mass is 9.96. The standard InChI is InChI=1S/C34H34ClN5O4/c1-22-14-16-39(29(33(36)43)19-25-10-4-9-24-8-2-3-13-28(24)25)34(44)32(26-11-5-12-27(35)18-26)40(22)31(42)21-38-30(41)17-23-7-6-15-37-20-23/h2-13,15,18,20,22,29,32H,14,16-17,19,21H2,1H3,(H2,36,43)(H,38,41)/t22-,29-,32+/m1/s1. The molecule has 10 heteroatoms. The van der Waals surface area contributed by atoms with Gasteiger partial charge in [-0.3, -0.25) is 24.2 Å². The van der Waals surface area contributed by atoms with Gasteiger partial charge in [0.15, 0.2) is 0 Å². The number of carbonyl (C=O) groups is 4. The molecule has 0 spiro atoms. The van der Waals surface area contributed by atoms with Crippen molar-refractivity contribution in [3.8, 4) is 0 Å². The van der Waals surface area contributed by atoms with Gasteiger partial charge in [0, 0.05) is 36.4 Å². The van der Waals surface area contributed by atoms with Crippen LogP contribution in [0.25, 0.3) is 10.8 Å². The molecule has 3 N–H and O–H groups in total. The molecule has 44 heavy (non-hydrogen) atoms. The van der Waals surface area contributed by atoms with E-state index in [1.54, 1.807) is 48.8 Å². The van der Waals surface area contributed by atoms with Crippen LogP contribution in [-0.2, 0) is 32.0 Å². The van der Waals surface area contributed by atoms with Crippen molar-refractivity contribution in [3.63, 3.8) is 0 Å². The summed E-state index contributed by atoms with van der Waals surface area (Å²) in [7, 11) is 0. The zero-order valence-corrected chi connectivity index (χ0v) is 25.1. The van der Waals surface area contributed by atoms with Crippen LogP contribution < -0.4 is 11.1 Å². The summed E-state index contributed by atoms with van der Waals surface area (Å²) in [6.45, 7) is 1.77. The number of nitrogens with one attached hydrogen (secondary N) is 1. The van der Waals surface area contributed by atoms with Crippen LogP contribution in [0, 0.1) is 0 Å². The number of amides is 4. The maximum Gasteiger partial charge on any atom is 0.250 e. The molecule has 0 unspecified atom stereocenters. The number of rotatable bonds is 9. The summed E-state index contributed by atoms with van der Waals surface area (Å²) in [6, 6.07) is 21.5. The van der Waals surface area contributed by atoms with Gasteiger partial charge >= 0.3 is 0 Å². The minimum atomic E-state index is -1.08. The maximum absolute atomic E-state index is 14.5. The van der Waals surface area contributed by atoms with Crippen molar-refractivity contribution >= 4 is 46.0 Å². The first-order chi connectivity index (χ1) is 21.2. The molecular weight excluding hydrogens is 578 g/mol. The highest BCUT2D eigenvalue weighted by Gasteiger charge is 2.43. The second kappa shape index (κ2) is 13.7. The molecule has 1 aromatic heterocycles. The van der Waals surface area contributed by atoms with Gasteiger partial charge in [-0.2, -0.15) is 0 Å². The van der Waals surface area contributed by atoms with Crippen molar-refractivity contribution < 1.29 is 19.2 Å². The Kier molecular flexibility index (Phi) is 9.55. The van der Waals surface area contributed by atoms with Crippen molar-refractivity contribution in [1.82, 2.24) is 20.1 Å². The molecule has 2 heterocycles. The lowest BCUT2D eigenvalue weighted by molar-refractivity contribution is -0.148. The van der Waals surface area contributed by atoms with Crippen LogP contribution in [0.15, 0.2) is 91.3 Å². The number of fused-ring (bicyclic) bond motifs is 1. The number of nitrogens with two attached hydrogens (primary N) is 1. The fraction of sp³-hybridized carbons (Fsp3) is 0.265. The number of aromatic nitrogens is 1. The van der Waals surface area contributed by atoms with Gasteiger partial charge in [-0.15, -0.1) is 0 Å². The predicted molar refractivity (Wildman–Crippen MR) is 168 cm³/mol. The molecule has 0 bridgehead atoms. The lowest BCUT2D eigenvalue weighted by Crippen LogP contribution is -2.53.